The van der Waals surface area contributed by atoms with Crippen molar-refractivity contribution in [3.05, 3.63) is 41.7 Å². The molecule has 120 valence electrons. The largest absolute Gasteiger partial charge is 0.493 e. The third-order valence-electron chi connectivity index (χ3n) is 2.94. The van der Waals surface area contributed by atoms with Gasteiger partial charge in [-0.3, -0.25) is 4.68 Å². The Labute approximate surface area is 134 Å². The highest BCUT2D eigenvalue weighted by atomic mass is 16.6. The van der Waals surface area contributed by atoms with Gasteiger partial charge < -0.3 is 14.3 Å². The lowest BCUT2D eigenvalue weighted by molar-refractivity contribution is 0.134. The number of hydrogen-bond donors (Lipinski definition) is 0. The molecule has 0 saturated carbocycles. The Kier molecular flexibility index (Phi) is 6.00. The quantitative estimate of drug-likeness (QED) is 0.424. The fourth-order valence-electron chi connectivity index (χ4n) is 1.87. The first kappa shape index (κ1) is 16.4. The Morgan fingerprint density at radius 2 is 2.26 bits per heavy atom. The second-order valence-electron chi connectivity index (χ2n) is 4.51. The average Bonchev–Trinajstić information content (AvgIpc) is 3.04. The lowest BCUT2D eigenvalue weighted by Gasteiger charge is -2.09. The summed E-state index contributed by atoms with van der Waals surface area (Å²) in [5.74, 6) is 1.34. The van der Waals surface area contributed by atoms with Gasteiger partial charge in [-0.05, 0) is 25.1 Å². The van der Waals surface area contributed by atoms with Gasteiger partial charge in [-0.25, -0.2) is 0 Å². The van der Waals surface area contributed by atoms with Gasteiger partial charge in [-0.2, -0.15) is 10.4 Å². The first-order valence-corrected chi connectivity index (χ1v) is 7.15. The summed E-state index contributed by atoms with van der Waals surface area (Å²) in [4.78, 5) is 5.19. The molecule has 7 heteroatoms. The molecule has 0 aliphatic heterocycles. The fraction of sp³-hybridized carbons (Fsp3) is 0.312. The van der Waals surface area contributed by atoms with E-state index < -0.39 is 0 Å². The molecule has 1 aromatic heterocycles. The number of rotatable bonds is 8. The zero-order valence-electron chi connectivity index (χ0n) is 13.1. The molecule has 7 nitrogen and oxygen atoms in total. The van der Waals surface area contributed by atoms with E-state index in [0.717, 1.165) is 5.56 Å². The first-order chi connectivity index (χ1) is 11.3. The molecule has 23 heavy (non-hydrogen) atoms. The van der Waals surface area contributed by atoms with Crippen molar-refractivity contribution in [3.8, 4) is 17.6 Å². The van der Waals surface area contributed by atoms with Gasteiger partial charge in [0.2, 0.25) is 0 Å². The molecule has 0 amide bonds. The molecule has 1 heterocycles. The lowest BCUT2D eigenvalue weighted by atomic mass is 10.2. The van der Waals surface area contributed by atoms with Crippen molar-refractivity contribution in [3.63, 3.8) is 0 Å². The van der Waals surface area contributed by atoms with Gasteiger partial charge in [-0.1, -0.05) is 5.16 Å². The minimum absolute atomic E-state index is 0.358. The van der Waals surface area contributed by atoms with Gasteiger partial charge in [-0.15, -0.1) is 0 Å². The molecule has 0 bridgehead atoms. The number of aromatic nitrogens is 2. The first-order valence-electron chi connectivity index (χ1n) is 7.15. The van der Waals surface area contributed by atoms with Gasteiger partial charge in [0.15, 0.2) is 11.5 Å². The number of oxime groups is 1. The molecule has 0 radical (unpaired) electrons. The summed E-state index contributed by atoms with van der Waals surface area (Å²) in [7, 11) is 1.59. The summed E-state index contributed by atoms with van der Waals surface area (Å²) in [6.07, 6.45) is 4.77. The third kappa shape index (κ3) is 4.74. The predicted molar refractivity (Wildman–Crippen MR) is 84.7 cm³/mol. The fourth-order valence-corrected chi connectivity index (χ4v) is 1.87. The molecular weight excluding hydrogens is 296 g/mol. The van der Waals surface area contributed by atoms with Crippen LogP contribution in [0.15, 0.2) is 35.7 Å². The van der Waals surface area contributed by atoms with Crippen LogP contribution < -0.4 is 9.47 Å². The number of nitrogens with zero attached hydrogens (tertiary/aromatic N) is 4. The van der Waals surface area contributed by atoms with Crippen LogP contribution >= 0.6 is 0 Å². The minimum Gasteiger partial charge on any atom is -0.493 e. The van der Waals surface area contributed by atoms with Crippen molar-refractivity contribution in [2.24, 2.45) is 5.16 Å². The SMILES string of the molecule is CCOc1ccc(/C=N/OCCn2cc(C#N)cn2)cc1OC. The maximum Gasteiger partial charge on any atom is 0.161 e. The lowest BCUT2D eigenvalue weighted by Crippen LogP contribution is -2.04. The van der Waals surface area contributed by atoms with E-state index in [4.69, 9.17) is 19.6 Å². The topological polar surface area (TPSA) is 81.7 Å². The highest BCUT2D eigenvalue weighted by Crippen LogP contribution is 2.27. The Balaban J connectivity index is 1.84. The van der Waals surface area contributed by atoms with E-state index in [1.54, 1.807) is 24.2 Å². The molecule has 0 aliphatic rings. The summed E-state index contributed by atoms with van der Waals surface area (Å²) < 4.78 is 12.4. The highest BCUT2D eigenvalue weighted by molar-refractivity contribution is 5.80. The molecule has 1 aromatic carbocycles. The number of ether oxygens (including phenoxy) is 2. The second kappa shape index (κ2) is 8.44. The van der Waals surface area contributed by atoms with Crippen LogP contribution in [0.1, 0.15) is 18.1 Å². The van der Waals surface area contributed by atoms with E-state index in [2.05, 4.69) is 10.3 Å². The standard InChI is InChI=1S/C16H18N4O3/c1-3-22-15-5-4-13(8-16(15)21-2)11-19-23-7-6-20-12-14(9-17)10-18-20/h4-5,8,10-12H,3,6-7H2,1-2H3/b19-11+. The van der Waals surface area contributed by atoms with E-state index in [1.165, 1.54) is 6.20 Å². The van der Waals surface area contributed by atoms with Gasteiger partial charge in [0.1, 0.15) is 12.7 Å². The highest BCUT2D eigenvalue weighted by Gasteiger charge is 2.04. The van der Waals surface area contributed by atoms with Crippen LogP contribution in [0.5, 0.6) is 11.5 Å². The van der Waals surface area contributed by atoms with Crippen molar-refractivity contribution >= 4 is 6.21 Å². The van der Waals surface area contributed by atoms with Gasteiger partial charge in [0.05, 0.1) is 38.2 Å². The van der Waals surface area contributed by atoms with Crippen LogP contribution in [0, 0.1) is 11.3 Å². The summed E-state index contributed by atoms with van der Waals surface area (Å²) in [6.45, 7) is 3.37. The molecule has 0 spiro atoms. The Hall–Kier alpha value is -3.01. The zero-order chi connectivity index (χ0) is 16.5. The number of benzene rings is 1. The molecular formula is C16H18N4O3. The van der Waals surface area contributed by atoms with Crippen LogP contribution in [0.3, 0.4) is 0 Å². The van der Waals surface area contributed by atoms with Crippen molar-refractivity contribution in [2.75, 3.05) is 20.3 Å². The van der Waals surface area contributed by atoms with Gasteiger partial charge in [0.25, 0.3) is 0 Å². The smallest absolute Gasteiger partial charge is 0.161 e. The van der Waals surface area contributed by atoms with Gasteiger partial charge in [0, 0.05) is 11.8 Å². The van der Waals surface area contributed by atoms with E-state index in [0.29, 0.717) is 36.8 Å². The second-order valence-corrected chi connectivity index (χ2v) is 4.51. The number of hydrogen-bond acceptors (Lipinski definition) is 6. The van der Waals surface area contributed by atoms with Crippen LogP contribution in [-0.2, 0) is 11.4 Å². The monoisotopic (exact) mass is 314 g/mol. The van der Waals surface area contributed by atoms with Crippen LogP contribution in [0.2, 0.25) is 0 Å². The Bertz CT molecular complexity index is 704. The van der Waals surface area contributed by atoms with Crippen molar-refractivity contribution in [1.82, 2.24) is 9.78 Å². The normalized spacial score (nSPS) is 10.5. The summed E-state index contributed by atoms with van der Waals surface area (Å²) in [5, 5.41) is 16.6. The van der Waals surface area contributed by atoms with Crippen LogP contribution in [0.25, 0.3) is 0 Å². The summed E-state index contributed by atoms with van der Waals surface area (Å²) >= 11 is 0. The minimum atomic E-state index is 0.358. The Morgan fingerprint density at radius 1 is 1.39 bits per heavy atom. The summed E-state index contributed by atoms with van der Waals surface area (Å²) in [5.41, 5.74) is 1.37. The van der Waals surface area contributed by atoms with E-state index in [1.807, 2.05) is 31.2 Å². The summed E-state index contributed by atoms with van der Waals surface area (Å²) in [6, 6.07) is 7.54. The van der Waals surface area contributed by atoms with Crippen molar-refractivity contribution in [2.45, 2.75) is 13.5 Å². The molecule has 0 fully saturated rings. The average molecular weight is 314 g/mol. The van der Waals surface area contributed by atoms with E-state index >= 15 is 0 Å². The van der Waals surface area contributed by atoms with Gasteiger partial charge >= 0.3 is 0 Å². The van der Waals surface area contributed by atoms with Crippen LogP contribution in [-0.4, -0.2) is 36.3 Å². The van der Waals surface area contributed by atoms with Crippen molar-refractivity contribution in [1.29, 1.82) is 5.26 Å². The van der Waals surface area contributed by atoms with E-state index in [9.17, 15) is 0 Å². The Morgan fingerprint density at radius 3 is 2.96 bits per heavy atom. The van der Waals surface area contributed by atoms with E-state index in [-0.39, 0.29) is 0 Å². The number of methoxy groups -OCH3 is 1. The molecule has 0 saturated heterocycles. The molecule has 2 aromatic rings. The van der Waals surface area contributed by atoms with Crippen LogP contribution in [0.4, 0.5) is 0 Å². The third-order valence-corrected chi connectivity index (χ3v) is 2.94. The maximum atomic E-state index is 8.71. The number of nitriles is 1. The molecule has 0 atom stereocenters. The molecule has 2 rings (SSSR count). The predicted octanol–water partition coefficient (Wildman–Crippen LogP) is 2.21. The molecule has 0 N–H and O–H groups in total. The maximum absolute atomic E-state index is 8.71. The molecule has 0 aliphatic carbocycles. The van der Waals surface area contributed by atoms with Crippen molar-refractivity contribution < 1.29 is 14.3 Å². The zero-order valence-corrected chi connectivity index (χ0v) is 13.1. The molecule has 0 unspecified atom stereocenters.